The molecule has 3 heteroatoms. The molecule has 0 bridgehead atoms. The minimum atomic E-state index is -0.215. The average molecular weight is 257 g/mol. The third-order valence-electron chi connectivity index (χ3n) is 2.68. The van der Waals surface area contributed by atoms with Crippen LogP contribution in [-0.4, -0.2) is 5.78 Å². The molecule has 1 saturated carbocycles. The molecule has 0 spiro atoms. The second-order valence-electron chi connectivity index (χ2n) is 3.69. The van der Waals surface area contributed by atoms with Crippen molar-refractivity contribution in [3.8, 4) is 0 Å². The summed E-state index contributed by atoms with van der Waals surface area (Å²) in [5.74, 6) is 0.0598. The molecule has 0 saturated heterocycles. The number of halogens is 2. The zero-order valence-corrected chi connectivity index (χ0v) is 9.34. The van der Waals surface area contributed by atoms with Gasteiger partial charge >= 0.3 is 0 Å². The van der Waals surface area contributed by atoms with Crippen molar-refractivity contribution in [2.24, 2.45) is 5.92 Å². The van der Waals surface area contributed by atoms with Gasteiger partial charge in [-0.3, -0.25) is 4.79 Å². The molecule has 14 heavy (non-hydrogen) atoms. The third-order valence-corrected chi connectivity index (χ3v) is 3.37. The lowest BCUT2D eigenvalue weighted by atomic mass is 10.1. The van der Waals surface area contributed by atoms with Crippen LogP contribution in [0.1, 0.15) is 24.8 Å². The van der Waals surface area contributed by atoms with Crippen LogP contribution < -0.4 is 0 Å². The minimum absolute atomic E-state index is 0.0307. The molecule has 0 amide bonds. The first kappa shape index (κ1) is 9.84. The smallest absolute Gasteiger partial charge is 0.133 e. The molecule has 2 atom stereocenters. The highest BCUT2D eigenvalue weighted by Gasteiger charge is 2.43. The molecule has 0 radical (unpaired) electrons. The first-order valence-corrected chi connectivity index (χ1v) is 5.35. The summed E-state index contributed by atoms with van der Waals surface area (Å²) in [5, 5.41) is 0. The Morgan fingerprint density at radius 1 is 1.57 bits per heavy atom. The molecule has 74 valence electrons. The van der Waals surface area contributed by atoms with E-state index in [0.29, 0.717) is 5.56 Å². The van der Waals surface area contributed by atoms with Crippen molar-refractivity contribution in [3.63, 3.8) is 0 Å². The van der Waals surface area contributed by atoms with E-state index in [1.54, 1.807) is 13.0 Å². The predicted octanol–water partition coefficient (Wildman–Crippen LogP) is 3.28. The van der Waals surface area contributed by atoms with Gasteiger partial charge in [-0.15, -0.1) is 0 Å². The van der Waals surface area contributed by atoms with Crippen LogP contribution in [0.25, 0.3) is 0 Å². The van der Waals surface area contributed by atoms with Gasteiger partial charge in [-0.2, -0.15) is 0 Å². The molecule has 0 aliphatic heterocycles. The standard InChI is InChI=1S/C11H10BrFO/c1-6(14)7-5-8(7)11-9(12)3-2-4-10(11)13/h2-4,7-8H,5H2,1H3. The first-order valence-electron chi connectivity index (χ1n) is 4.55. The fourth-order valence-electron chi connectivity index (χ4n) is 1.83. The van der Waals surface area contributed by atoms with E-state index >= 15 is 0 Å². The van der Waals surface area contributed by atoms with Gasteiger partial charge in [0.15, 0.2) is 0 Å². The van der Waals surface area contributed by atoms with Gasteiger partial charge < -0.3 is 0 Å². The summed E-state index contributed by atoms with van der Waals surface area (Å²) in [7, 11) is 0. The quantitative estimate of drug-likeness (QED) is 0.794. The third kappa shape index (κ3) is 1.61. The monoisotopic (exact) mass is 256 g/mol. The van der Waals surface area contributed by atoms with Crippen LogP contribution in [0.15, 0.2) is 22.7 Å². The fourth-order valence-corrected chi connectivity index (χ4v) is 2.46. The van der Waals surface area contributed by atoms with Crippen LogP contribution in [0.5, 0.6) is 0 Å². The Kier molecular flexibility index (Phi) is 2.43. The molecular formula is C11H10BrFO. The zero-order valence-electron chi connectivity index (χ0n) is 7.76. The second kappa shape index (κ2) is 3.46. The lowest BCUT2D eigenvalue weighted by Gasteiger charge is -2.03. The summed E-state index contributed by atoms with van der Waals surface area (Å²) in [6, 6.07) is 4.91. The van der Waals surface area contributed by atoms with Crippen molar-refractivity contribution < 1.29 is 9.18 Å². The number of hydrogen-bond donors (Lipinski definition) is 0. The summed E-state index contributed by atoms with van der Waals surface area (Å²) >= 11 is 3.31. The number of Topliss-reactive ketones (excluding diaryl/α,β-unsaturated/α-hetero) is 1. The number of hydrogen-bond acceptors (Lipinski definition) is 1. The average Bonchev–Trinajstić information content (AvgIpc) is 2.83. The maximum Gasteiger partial charge on any atom is 0.133 e. The Labute approximate surface area is 90.4 Å². The van der Waals surface area contributed by atoms with Crippen molar-refractivity contribution in [2.45, 2.75) is 19.3 Å². The van der Waals surface area contributed by atoms with Crippen LogP contribution in [0, 0.1) is 11.7 Å². The molecular weight excluding hydrogens is 247 g/mol. The highest BCUT2D eigenvalue weighted by molar-refractivity contribution is 9.10. The Bertz CT molecular complexity index is 369. The Morgan fingerprint density at radius 3 is 2.79 bits per heavy atom. The number of rotatable bonds is 2. The fraction of sp³-hybridized carbons (Fsp3) is 0.364. The van der Waals surface area contributed by atoms with Crippen molar-refractivity contribution in [1.82, 2.24) is 0 Å². The number of carbonyl (C=O) groups excluding carboxylic acids is 1. The van der Waals surface area contributed by atoms with Gasteiger partial charge in [0.1, 0.15) is 11.6 Å². The van der Waals surface area contributed by atoms with Crippen molar-refractivity contribution in [3.05, 3.63) is 34.1 Å². The number of carbonyl (C=O) groups is 1. The lowest BCUT2D eigenvalue weighted by Crippen LogP contribution is -1.97. The van der Waals surface area contributed by atoms with Crippen LogP contribution in [0.3, 0.4) is 0 Å². The van der Waals surface area contributed by atoms with E-state index in [-0.39, 0.29) is 23.4 Å². The van der Waals surface area contributed by atoms with E-state index in [1.165, 1.54) is 6.07 Å². The van der Waals surface area contributed by atoms with E-state index in [9.17, 15) is 9.18 Å². The Morgan fingerprint density at radius 2 is 2.29 bits per heavy atom. The van der Waals surface area contributed by atoms with E-state index in [2.05, 4.69) is 15.9 Å². The van der Waals surface area contributed by atoms with Gasteiger partial charge in [0.25, 0.3) is 0 Å². The van der Waals surface area contributed by atoms with Gasteiger partial charge in [-0.25, -0.2) is 4.39 Å². The van der Waals surface area contributed by atoms with Crippen LogP contribution in [0.2, 0.25) is 0 Å². The predicted molar refractivity (Wildman–Crippen MR) is 55.6 cm³/mol. The van der Waals surface area contributed by atoms with Crippen LogP contribution in [-0.2, 0) is 4.79 Å². The highest BCUT2D eigenvalue weighted by Crippen LogP contribution is 2.50. The zero-order chi connectivity index (χ0) is 10.3. The van der Waals surface area contributed by atoms with E-state index in [4.69, 9.17) is 0 Å². The topological polar surface area (TPSA) is 17.1 Å². The lowest BCUT2D eigenvalue weighted by molar-refractivity contribution is -0.118. The van der Waals surface area contributed by atoms with Gasteiger partial charge in [-0.05, 0) is 31.4 Å². The largest absolute Gasteiger partial charge is 0.300 e. The molecule has 1 aliphatic carbocycles. The normalized spacial score (nSPS) is 24.8. The molecule has 1 nitrogen and oxygen atoms in total. The molecule has 0 aromatic heterocycles. The van der Waals surface area contributed by atoms with Crippen LogP contribution >= 0.6 is 15.9 Å². The molecule has 1 fully saturated rings. The van der Waals surface area contributed by atoms with Crippen LogP contribution in [0.4, 0.5) is 4.39 Å². The molecule has 0 N–H and O–H groups in total. The number of benzene rings is 1. The van der Waals surface area contributed by atoms with E-state index < -0.39 is 0 Å². The van der Waals surface area contributed by atoms with Crippen molar-refractivity contribution in [2.75, 3.05) is 0 Å². The summed E-state index contributed by atoms with van der Waals surface area (Å²) in [5.41, 5.74) is 0.660. The highest BCUT2D eigenvalue weighted by atomic mass is 79.9. The maximum absolute atomic E-state index is 13.4. The van der Waals surface area contributed by atoms with E-state index in [1.807, 2.05) is 6.07 Å². The molecule has 0 heterocycles. The van der Waals surface area contributed by atoms with Gasteiger partial charge in [-0.1, -0.05) is 22.0 Å². The van der Waals surface area contributed by atoms with Gasteiger partial charge in [0.2, 0.25) is 0 Å². The summed E-state index contributed by atoms with van der Waals surface area (Å²) in [6.07, 6.45) is 0.787. The van der Waals surface area contributed by atoms with Crippen molar-refractivity contribution >= 4 is 21.7 Å². The second-order valence-corrected chi connectivity index (χ2v) is 4.55. The molecule has 1 aromatic rings. The summed E-state index contributed by atoms with van der Waals surface area (Å²) in [4.78, 5) is 11.1. The van der Waals surface area contributed by atoms with Gasteiger partial charge in [0.05, 0.1) is 0 Å². The summed E-state index contributed by atoms with van der Waals surface area (Å²) < 4.78 is 14.2. The van der Waals surface area contributed by atoms with Crippen molar-refractivity contribution in [1.29, 1.82) is 0 Å². The molecule has 2 rings (SSSR count). The SMILES string of the molecule is CC(=O)C1CC1c1c(F)cccc1Br. The minimum Gasteiger partial charge on any atom is -0.300 e. The molecule has 1 aromatic carbocycles. The molecule has 2 unspecified atom stereocenters. The Balaban J connectivity index is 2.31. The maximum atomic E-state index is 13.4. The van der Waals surface area contributed by atoms with E-state index in [0.717, 1.165) is 10.9 Å². The van der Waals surface area contributed by atoms with Gasteiger partial charge in [0, 0.05) is 16.0 Å². The molecule has 1 aliphatic rings. The first-order chi connectivity index (χ1) is 6.61. The number of ketones is 1. The summed E-state index contributed by atoms with van der Waals surface area (Å²) in [6.45, 7) is 1.57. The Hall–Kier alpha value is -0.700.